The zero-order valence-corrected chi connectivity index (χ0v) is 14.8. The topological polar surface area (TPSA) is 55.1 Å². The van der Waals surface area contributed by atoms with E-state index in [1.54, 1.807) is 0 Å². The molecule has 4 unspecified atom stereocenters. The lowest BCUT2D eigenvalue weighted by molar-refractivity contribution is -0.127. The molecule has 0 aromatic heterocycles. The average molecular weight is 294 g/mol. The summed E-state index contributed by atoms with van der Waals surface area (Å²) >= 11 is 0. The third kappa shape index (κ3) is 2.86. The SMILES string of the molecule is CC(C)(C)CC(CN)C(=O)NC1CC2CCC1(C)C2(C)C. The third-order valence-corrected chi connectivity index (χ3v) is 6.62. The molecule has 2 bridgehead atoms. The molecule has 2 fully saturated rings. The molecule has 0 radical (unpaired) electrons. The summed E-state index contributed by atoms with van der Waals surface area (Å²) in [6.07, 6.45) is 4.55. The zero-order valence-electron chi connectivity index (χ0n) is 14.8. The van der Waals surface area contributed by atoms with Crippen molar-refractivity contribution >= 4 is 5.91 Å². The lowest BCUT2D eigenvalue weighted by atomic mass is 9.69. The highest BCUT2D eigenvalue weighted by Gasteiger charge is 2.61. The number of amides is 1. The minimum absolute atomic E-state index is 0.0594. The summed E-state index contributed by atoms with van der Waals surface area (Å²) in [5.74, 6) is 0.865. The van der Waals surface area contributed by atoms with E-state index < -0.39 is 0 Å². The first-order valence-electron chi connectivity index (χ1n) is 8.52. The first-order valence-corrected chi connectivity index (χ1v) is 8.52. The second kappa shape index (κ2) is 5.26. The molecule has 0 aromatic rings. The predicted octanol–water partition coefficient (Wildman–Crippen LogP) is 3.33. The molecule has 0 heterocycles. The van der Waals surface area contributed by atoms with Crippen LogP contribution in [0.3, 0.4) is 0 Å². The molecule has 3 N–H and O–H groups in total. The van der Waals surface area contributed by atoms with E-state index in [-0.39, 0.29) is 22.7 Å². The fraction of sp³-hybridized carbons (Fsp3) is 0.944. The molecule has 21 heavy (non-hydrogen) atoms. The average Bonchev–Trinajstić information content (AvgIpc) is 2.67. The fourth-order valence-corrected chi connectivity index (χ4v) is 4.73. The standard InChI is InChI=1S/C18H34N2O/c1-16(2,3)10-12(11-19)15(21)20-14-9-13-7-8-18(14,6)17(13,4)5/h12-14H,7-11,19H2,1-6H3,(H,20,21). The van der Waals surface area contributed by atoms with Crippen LogP contribution >= 0.6 is 0 Å². The van der Waals surface area contributed by atoms with Crippen molar-refractivity contribution in [1.82, 2.24) is 5.32 Å². The first kappa shape index (κ1) is 16.8. The van der Waals surface area contributed by atoms with Crippen LogP contribution in [0.5, 0.6) is 0 Å². The van der Waals surface area contributed by atoms with E-state index in [4.69, 9.17) is 5.73 Å². The predicted molar refractivity (Wildman–Crippen MR) is 87.8 cm³/mol. The van der Waals surface area contributed by atoms with E-state index in [1.807, 2.05) is 0 Å². The molecule has 122 valence electrons. The summed E-state index contributed by atoms with van der Waals surface area (Å²) in [4.78, 5) is 12.6. The summed E-state index contributed by atoms with van der Waals surface area (Å²) in [6, 6.07) is 0.327. The highest BCUT2D eigenvalue weighted by atomic mass is 16.2. The molecule has 2 aliphatic rings. The maximum Gasteiger partial charge on any atom is 0.224 e. The van der Waals surface area contributed by atoms with Crippen molar-refractivity contribution in [2.24, 2.45) is 33.8 Å². The number of hydrogen-bond acceptors (Lipinski definition) is 2. The second-order valence-electron chi connectivity index (χ2n) is 9.37. The van der Waals surface area contributed by atoms with Crippen molar-refractivity contribution in [1.29, 1.82) is 0 Å². The van der Waals surface area contributed by atoms with Crippen LogP contribution in [0.4, 0.5) is 0 Å². The molecule has 0 spiro atoms. The quantitative estimate of drug-likeness (QED) is 0.835. The van der Waals surface area contributed by atoms with Crippen molar-refractivity contribution in [3.05, 3.63) is 0 Å². The monoisotopic (exact) mass is 294 g/mol. The number of carbonyl (C=O) groups is 1. The van der Waals surface area contributed by atoms with Crippen LogP contribution in [0, 0.1) is 28.1 Å². The van der Waals surface area contributed by atoms with E-state index in [0.717, 1.165) is 18.8 Å². The maximum atomic E-state index is 12.6. The summed E-state index contributed by atoms with van der Waals surface area (Å²) in [5, 5.41) is 3.36. The van der Waals surface area contributed by atoms with Crippen LogP contribution in [-0.4, -0.2) is 18.5 Å². The van der Waals surface area contributed by atoms with Gasteiger partial charge in [0, 0.05) is 12.6 Å². The first-order chi connectivity index (χ1) is 9.51. The molecule has 0 saturated heterocycles. The molecule has 2 rings (SSSR count). The lowest BCUT2D eigenvalue weighted by Crippen LogP contribution is -2.50. The Kier molecular flexibility index (Phi) is 4.20. The van der Waals surface area contributed by atoms with Gasteiger partial charge in [-0.2, -0.15) is 0 Å². The summed E-state index contributed by atoms with van der Waals surface area (Å²) < 4.78 is 0. The van der Waals surface area contributed by atoms with Crippen LogP contribution in [0.1, 0.15) is 67.2 Å². The van der Waals surface area contributed by atoms with Crippen LogP contribution in [0.25, 0.3) is 0 Å². The molecule has 1 amide bonds. The Morgan fingerprint density at radius 2 is 1.95 bits per heavy atom. The second-order valence-corrected chi connectivity index (χ2v) is 9.37. The Balaban J connectivity index is 2.04. The van der Waals surface area contributed by atoms with E-state index in [9.17, 15) is 4.79 Å². The van der Waals surface area contributed by atoms with Crippen molar-refractivity contribution in [3.63, 3.8) is 0 Å². The summed E-state index contributed by atoms with van der Waals surface area (Å²) in [6.45, 7) is 14.1. The van der Waals surface area contributed by atoms with Gasteiger partial charge in [-0.3, -0.25) is 4.79 Å². The molecule has 2 saturated carbocycles. The lowest BCUT2D eigenvalue weighted by Gasteiger charge is -2.40. The van der Waals surface area contributed by atoms with Gasteiger partial charge < -0.3 is 11.1 Å². The Hall–Kier alpha value is -0.570. The van der Waals surface area contributed by atoms with E-state index in [2.05, 4.69) is 46.9 Å². The molecule has 4 atom stereocenters. The highest BCUT2D eigenvalue weighted by molar-refractivity contribution is 5.79. The maximum absolute atomic E-state index is 12.6. The van der Waals surface area contributed by atoms with Gasteiger partial charge in [-0.15, -0.1) is 0 Å². The minimum atomic E-state index is -0.0594. The number of carbonyl (C=O) groups excluding carboxylic acids is 1. The number of rotatable bonds is 4. The van der Waals surface area contributed by atoms with Gasteiger partial charge in [0.05, 0.1) is 5.92 Å². The summed E-state index contributed by atoms with van der Waals surface area (Å²) in [5.41, 5.74) is 6.58. The largest absolute Gasteiger partial charge is 0.353 e. The third-order valence-electron chi connectivity index (χ3n) is 6.62. The molecule has 0 aromatic carbocycles. The fourth-order valence-electron chi connectivity index (χ4n) is 4.73. The van der Waals surface area contributed by atoms with Gasteiger partial charge in [-0.05, 0) is 47.8 Å². The van der Waals surface area contributed by atoms with Crippen molar-refractivity contribution in [2.75, 3.05) is 6.54 Å². The smallest absolute Gasteiger partial charge is 0.224 e. The molecule has 0 aliphatic heterocycles. The van der Waals surface area contributed by atoms with Crippen LogP contribution < -0.4 is 11.1 Å². The highest BCUT2D eigenvalue weighted by Crippen LogP contribution is 2.65. The van der Waals surface area contributed by atoms with E-state index in [0.29, 0.717) is 18.0 Å². The summed E-state index contributed by atoms with van der Waals surface area (Å²) in [7, 11) is 0. The van der Waals surface area contributed by atoms with Crippen LogP contribution in [-0.2, 0) is 4.79 Å². The number of nitrogens with two attached hydrogens (primary N) is 1. The Bertz CT molecular complexity index is 410. The Morgan fingerprint density at radius 3 is 2.33 bits per heavy atom. The van der Waals surface area contributed by atoms with Gasteiger partial charge in [-0.25, -0.2) is 0 Å². The van der Waals surface area contributed by atoms with Gasteiger partial charge in [0.15, 0.2) is 0 Å². The van der Waals surface area contributed by atoms with Gasteiger partial charge in [0.2, 0.25) is 5.91 Å². The van der Waals surface area contributed by atoms with Gasteiger partial charge in [0.1, 0.15) is 0 Å². The Morgan fingerprint density at radius 1 is 1.33 bits per heavy atom. The number of hydrogen-bond donors (Lipinski definition) is 2. The van der Waals surface area contributed by atoms with Crippen molar-refractivity contribution in [2.45, 2.75) is 73.3 Å². The van der Waals surface area contributed by atoms with Crippen LogP contribution in [0.15, 0.2) is 0 Å². The van der Waals surface area contributed by atoms with Gasteiger partial charge >= 0.3 is 0 Å². The molecule has 3 nitrogen and oxygen atoms in total. The normalized spacial score (nSPS) is 35.8. The van der Waals surface area contributed by atoms with Crippen molar-refractivity contribution in [3.8, 4) is 0 Å². The van der Waals surface area contributed by atoms with Gasteiger partial charge in [0.25, 0.3) is 0 Å². The van der Waals surface area contributed by atoms with Gasteiger partial charge in [-0.1, -0.05) is 41.5 Å². The molecular weight excluding hydrogens is 260 g/mol. The van der Waals surface area contributed by atoms with Crippen LogP contribution in [0.2, 0.25) is 0 Å². The molecule has 3 heteroatoms. The Labute approximate surface area is 130 Å². The molecular formula is C18H34N2O. The number of fused-ring (bicyclic) bond motifs is 2. The minimum Gasteiger partial charge on any atom is -0.353 e. The van der Waals surface area contributed by atoms with Crippen molar-refractivity contribution < 1.29 is 4.79 Å². The zero-order chi connectivity index (χ0) is 16.1. The number of nitrogens with one attached hydrogen (secondary N) is 1. The van der Waals surface area contributed by atoms with E-state index >= 15 is 0 Å². The van der Waals surface area contributed by atoms with E-state index in [1.165, 1.54) is 12.8 Å². The molecule has 2 aliphatic carbocycles.